The Hall–Kier alpha value is -1.65. The fourth-order valence-corrected chi connectivity index (χ4v) is 1.78. The Kier molecular flexibility index (Phi) is 2.80. The molecule has 0 unspecified atom stereocenters. The molecule has 1 aliphatic rings. The predicted octanol–water partition coefficient (Wildman–Crippen LogP) is 0.318. The summed E-state index contributed by atoms with van der Waals surface area (Å²) in [6, 6.07) is 0. The van der Waals surface area contributed by atoms with E-state index in [0.717, 1.165) is 25.9 Å². The van der Waals surface area contributed by atoms with Crippen LogP contribution in [0.25, 0.3) is 0 Å². The van der Waals surface area contributed by atoms with E-state index in [1.165, 1.54) is 6.20 Å². The lowest BCUT2D eigenvalue weighted by molar-refractivity contribution is -0.130. The fourth-order valence-electron chi connectivity index (χ4n) is 1.78. The summed E-state index contributed by atoms with van der Waals surface area (Å²) >= 11 is 0. The van der Waals surface area contributed by atoms with Gasteiger partial charge < -0.3 is 9.47 Å². The summed E-state index contributed by atoms with van der Waals surface area (Å²) in [5, 5.41) is 0. The van der Waals surface area contributed by atoms with E-state index in [-0.39, 0.29) is 12.5 Å². The van der Waals surface area contributed by atoms with E-state index < -0.39 is 0 Å². The van der Waals surface area contributed by atoms with Crippen LogP contribution in [0.15, 0.2) is 12.4 Å². The summed E-state index contributed by atoms with van der Waals surface area (Å²) < 4.78 is 1.58. The lowest BCUT2D eigenvalue weighted by Gasteiger charge is -2.15. The summed E-state index contributed by atoms with van der Waals surface area (Å²) in [5.41, 5.74) is 0. The lowest BCUT2D eigenvalue weighted by Crippen LogP contribution is -2.31. The smallest absolute Gasteiger partial charge is 0.242 e. The molecule has 2 rings (SSSR count). The molecule has 1 aromatic heterocycles. The van der Waals surface area contributed by atoms with Crippen molar-refractivity contribution in [1.29, 1.82) is 0 Å². The Bertz CT molecular complexity index is 366. The Morgan fingerprint density at radius 3 is 2.87 bits per heavy atom. The number of likely N-dealkylation sites (tertiary alicyclic amines) is 1. The van der Waals surface area contributed by atoms with Crippen LogP contribution >= 0.6 is 0 Å². The van der Waals surface area contributed by atoms with Crippen LogP contribution in [-0.4, -0.2) is 39.7 Å². The highest BCUT2D eigenvalue weighted by Gasteiger charge is 2.18. The first-order valence-corrected chi connectivity index (χ1v) is 5.05. The van der Waals surface area contributed by atoms with Crippen LogP contribution in [0.2, 0.25) is 0 Å². The van der Waals surface area contributed by atoms with Crippen LogP contribution in [-0.2, 0) is 11.3 Å². The molecule has 2 heterocycles. The molecule has 0 atom stereocenters. The minimum absolute atomic E-state index is 0.0635. The van der Waals surface area contributed by atoms with Crippen molar-refractivity contribution in [3.8, 4) is 0 Å². The third-order valence-corrected chi connectivity index (χ3v) is 2.62. The number of carbonyl (C=O) groups is 2. The zero-order chi connectivity index (χ0) is 10.7. The molecular weight excluding hydrogens is 194 g/mol. The molecule has 15 heavy (non-hydrogen) atoms. The highest BCUT2D eigenvalue weighted by atomic mass is 16.2. The highest BCUT2D eigenvalue weighted by molar-refractivity contribution is 5.77. The molecule has 1 saturated heterocycles. The first-order chi connectivity index (χ1) is 7.31. The zero-order valence-corrected chi connectivity index (χ0v) is 8.43. The summed E-state index contributed by atoms with van der Waals surface area (Å²) in [7, 11) is 0. The van der Waals surface area contributed by atoms with Crippen LogP contribution in [0.3, 0.4) is 0 Å². The van der Waals surface area contributed by atoms with Gasteiger partial charge in [0, 0.05) is 25.5 Å². The van der Waals surface area contributed by atoms with E-state index in [0.29, 0.717) is 12.1 Å². The number of aldehydes is 1. The maximum absolute atomic E-state index is 11.7. The molecule has 0 aliphatic carbocycles. The number of aromatic nitrogens is 2. The number of imidazole rings is 1. The molecule has 0 spiro atoms. The quantitative estimate of drug-likeness (QED) is 0.671. The zero-order valence-electron chi connectivity index (χ0n) is 8.43. The van der Waals surface area contributed by atoms with Crippen molar-refractivity contribution in [3.05, 3.63) is 18.2 Å². The second-order valence-corrected chi connectivity index (χ2v) is 3.62. The van der Waals surface area contributed by atoms with Gasteiger partial charge in [0.2, 0.25) is 5.91 Å². The minimum Gasteiger partial charge on any atom is -0.341 e. The minimum atomic E-state index is 0.0635. The van der Waals surface area contributed by atoms with Gasteiger partial charge in [-0.1, -0.05) is 0 Å². The van der Waals surface area contributed by atoms with Crippen molar-refractivity contribution in [3.63, 3.8) is 0 Å². The van der Waals surface area contributed by atoms with Crippen LogP contribution in [0.4, 0.5) is 0 Å². The summed E-state index contributed by atoms with van der Waals surface area (Å²) in [6.07, 6.45) is 6.00. The number of hydrogen-bond donors (Lipinski definition) is 0. The molecule has 0 bridgehead atoms. The van der Waals surface area contributed by atoms with Gasteiger partial charge >= 0.3 is 0 Å². The van der Waals surface area contributed by atoms with Crippen molar-refractivity contribution in [1.82, 2.24) is 14.5 Å². The van der Waals surface area contributed by atoms with Crippen LogP contribution in [0.5, 0.6) is 0 Å². The standard InChI is InChI=1S/C10H13N3O2/c14-8-9-11-3-6-13(9)7-10(15)12-4-1-2-5-12/h3,6,8H,1-2,4-5,7H2. The lowest BCUT2D eigenvalue weighted by atomic mass is 10.4. The Morgan fingerprint density at radius 1 is 1.47 bits per heavy atom. The van der Waals surface area contributed by atoms with E-state index in [9.17, 15) is 9.59 Å². The Morgan fingerprint density at radius 2 is 2.20 bits per heavy atom. The summed E-state index contributed by atoms with van der Waals surface area (Å²) in [5.74, 6) is 0.371. The molecule has 1 amide bonds. The molecule has 0 saturated carbocycles. The number of amides is 1. The van der Waals surface area contributed by atoms with E-state index >= 15 is 0 Å². The first kappa shape index (κ1) is 9.89. The van der Waals surface area contributed by atoms with E-state index in [2.05, 4.69) is 4.98 Å². The van der Waals surface area contributed by atoms with Crippen LogP contribution < -0.4 is 0 Å². The summed E-state index contributed by atoms with van der Waals surface area (Å²) in [4.78, 5) is 28.0. The average molecular weight is 207 g/mol. The second-order valence-electron chi connectivity index (χ2n) is 3.62. The van der Waals surface area contributed by atoms with Gasteiger partial charge in [0.05, 0.1) is 0 Å². The van der Waals surface area contributed by atoms with Crippen LogP contribution in [0, 0.1) is 0 Å². The van der Waals surface area contributed by atoms with Gasteiger partial charge in [-0.3, -0.25) is 9.59 Å². The molecule has 80 valence electrons. The first-order valence-electron chi connectivity index (χ1n) is 5.05. The maximum atomic E-state index is 11.7. The molecule has 1 fully saturated rings. The van der Waals surface area contributed by atoms with Gasteiger partial charge in [0.25, 0.3) is 0 Å². The van der Waals surface area contributed by atoms with E-state index in [1.807, 2.05) is 4.90 Å². The van der Waals surface area contributed by atoms with Gasteiger partial charge in [0.1, 0.15) is 6.54 Å². The Balaban J connectivity index is 2.01. The molecule has 0 aromatic carbocycles. The molecular formula is C10H13N3O2. The normalized spacial score (nSPS) is 15.6. The largest absolute Gasteiger partial charge is 0.341 e. The highest BCUT2D eigenvalue weighted by Crippen LogP contribution is 2.08. The molecule has 5 heteroatoms. The average Bonchev–Trinajstić information content (AvgIpc) is 2.87. The third-order valence-electron chi connectivity index (χ3n) is 2.62. The SMILES string of the molecule is O=Cc1nccn1CC(=O)N1CCCC1. The molecule has 1 aromatic rings. The third kappa shape index (κ3) is 2.06. The molecule has 0 radical (unpaired) electrons. The second kappa shape index (κ2) is 4.25. The van der Waals surface area contributed by atoms with Crippen LogP contribution in [0.1, 0.15) is 23.5 Å². The number of nitrogens with zero attached hydrogens (tertiary/aromatic N) is 3. The maximum Gasteiger partial charge on any atom is 0.242 e. The molecule has 1 aliphatic heterocycles. The topological polar surface area (TPSA) is 55.2 Å². The number of carbonyl (C=O) groups excluding carboxylic acids is 2. The molecule has 5 nitrogen and oxygen atoms in total. The van der Waals surface area contributed by atoms with Gasteiger partial charge in [-0.25, -0.2) is 4.98 Å². The van der Waals surface area contributed by atoms with Crippen molar-refractivity contribution in [2.24, 2.45) is 0 Å². The van der Waals surface area contributed by atoms with Gasteiger partial charge in [-0.15, -0.1) is 0 Å². The van der Waals surface area contributed by atoms with Gasteiger partial charge in [0.15, 0.2) is 12.1 Å². The summed E-state index contributed by atoms with van der Waals surface area (Å²) in [6.45, 7) is 1.89. The van der Waals surface area contributed by atoms with Crippen molar-refractivity contribution in [2.75, 3.05) is 13.1 Å². The predicted molar refractivity (Wildman–Crippen MR) is 53.4 cm³/mol. The monoisotopic (exact) mass is 207 g/mol. The van der Waals surface area contributed by atoms with Crippen molar-refractivity contribution < 1.29 is 9.59 Å². The van der Waals surface area contributed by atoms with Crippen molar-refractivity contribution in [2.45, 2.75) is 19.4 Å². The Labute approximate surface area is 87.7 Å². The van der Waals surface area contributed by atoms with Gasteiger partial charge in [-0.05, 0) is 12.8 Å². The van der Waals surface area contributed by atoms with E-state index in [1.54, 1.807) is 10.8 Å². The van der Waals surface area contributed by atoms with E-state index in [4.69, 9.17) is 0 Å². The van der Waals surface area contributed by atoms with Gasteiger partial charge in [-0.2, -0.15) is 0 Å². The fraction of sp³-hybridized carbons (Fsp3) is 0.500. The van der Waals surface area contributed by atoms with Crippen molar-refractivity contribution >= 4 is 12.2 Å². The number of rotatable bonds is 3. The number of hydrogen-bond acceptors (Lipinski definition) is 3. The molecule has 0 N–H and O–H groups in total.